The summed E-state index contributed by atoms with van der Waals surface area (Å²) in [5.41, 5.74) is 5.99. The molecular weight excluding hydrogens is 260 g/mol. The van der Waals surface area contributed by atoms with Gasteiger partial charge in [0.05, 0.1) is 18.5 Å². The lowest BCUT2D eigenvalue weighted by Gasteiger charge is -2.29. The average molecular weight is 301 g/mol. The van der Waals surface area contributed by atoms with E-state index in [1.54, 1.807) is 0 Å². The van der Waals surface area contributed by atoms with E-state index in [1.807, 2.05) is 0 Å². The molecule has 21 heavy (non-hydrogen) atoms. The molecule has 0 fully saturated rings. The third kappa shape index (κ3) is 10.2. The van der Waals surface area contributed by atoms with E-state index in [-0.39, 0.29) is 12.3 Å². The second kappa shape index (κ2) is 13.5. The van der Waals surface area contributed by atoms with E-state index < -0.39 is 0 Å². The van der Waals surface area contributed by atoms with Crippen molar-refractivity contribution < 1.29 is 0 Å². The third-order valence-electron chi connectivity index (χ3n) is 4.27. The molecule has 4 unspecified atom stereocenters. The van der Waals surface area contributed by atoms with E-state index in [1.165, 1.54) is 25.7 Å². The van der Waals surface area contributed by atoms with Crippen LogP contribution in [-0.4, -0.2) is 25.0 Å². The molecule has 0 aliphatic heterocycles. The Labute approximate surface area is 133 Å². The summed E-state index contributed by atoms with van der Waals surface area (Å²) in [5, 5.41) is 10.8. The minimum absolute atomic E-state index is 0.0768. The fraction of sp³-hybridized carbons (Fsp3) is 1.00. The molecule has 0 aliphatic carbocycles. The Morgan fingerprint density at radius 2 is 1.48 bits per heavy atom. The highest BCUT2D eigenvalue weighted by atomic mass is 15.2. The van der Waals surface area contributed by atoms with Crippen molar-refractivity contribution in [3.8, 4) is 0 Å². The van der Waals surface area contributed by atoms with E-state index >= 15 is 0 Å². The normalized spacial score (nSPS) is 17.4. The highest BCUT2D eigenvalue weighted by molar-refractivity contribution is 4.73. The van der Waals surface area contributed by atoms with Crippen LogP contribution in [0.1, 0.15) is 79.6 Å². The maximum absolute atomic E-state index is 5.99. The van der Waals surface area contributed by atoms with Crippen molar-refractivity contribution in [2.75, 3.05) is 6.54 Å². The number of rotatable bonds is 14. The summed E-state index contributed by atoms with van der Waals surface area (Å²) in [5.74, 6) is 0.798. The van der Waals surface area contributed by atoms with Gasteiger partial charge in [0, 0.05) is 0 Å². The van der Waals surface area contributed by atoms with Crippen LogP contribution < -0.4 is 21.7 Å². The van der Waals surface area contributed by atoms with E-state index in [0.717, 1.165) is 31.7 Å². The zero-order valence-electron chi connectivity index (χ0n) is 15.0. The first-order chi connectivity index (χ1) is 10.1. The summed E-state index contributed by atoms with van der Waals surface area (Å²) >= 11 is 0. The van der Waals surface area contributed by atoms with Crippen LogP contribution in [0.5, 0.6) is 0 Å². The molecule has 5 N–H and O–H groups in total. The van der Waals surface area contributed by atoms with Gasteiger partial charge in [0.15, 0.2) is 0 Å². The van der Waals surface area contributed by atoms with Gasteiger partial charge in [0.1, 0.15) is 0 Å². The Hall–Kier alpha value is -0.160. The first-order valence-corrected chi connectivity index (χ1v) is 9.12. The van der Waals surface area contributed by atoms with Gasteiger partial charge in [-0.2, -0.15) is 0 Å². The van der Waals surface area contributed by atoms with Crippen molar-refractivity contribution in [2.24, 2.45) is 11.7 Å². The Morgan fingerprint density at radius 3 is 1.95 bits per heavy atom. The molecular formula is C17H40N4. The van der Waals surface area contributed by atoms with Gasteiger partial charge < -0.3 is 11.1 Å². The van der Waals surface area contributed by atoms with Gasteiger partial charge in [-0.15, -0.1) is 0 Å². The Morgan fingerprint density at radius 1 is 0.810 bits per heavy atom. The Kier molecular flexibility index (Phi) is 13.4. The summed E-state index contributed by atoms with van der Waals surface area (Å²) in [4.78, 5) is 0. The molecule has 4 atom stereocenters. The molecule has 0 aromatic heterocycles. The molecule has 128 valence electrons. The topological polar surface area (TPSA) is 62.1 Å². The zero-order valence-corrected chi connectivity index (χ0v) is 15.0. The van der Waals surface area contributed by atoms with E-state index in [9.17, 15) is 0 Å². The summed E-state index contributed by atoms with van der Waals surface area (Å²) in [7, 11) is 0. The molecule has 0 aromatic carbocycles. The first-order valence-electron chi connectivity index (χ1n) is 9.12. The molecule has 0 aliphatic rings. The lowest BCUT2D eigenvalue weighted by Crippen LogP contribution is -2.56. The lowest BCUT2D eigenvalue weighted by molar-refractivity contribution is 0.277. The second-order valence-electron chi connectivity index (χ2n) is 6.09. The Bertz CT molecular complexity index is 223. The minimum atomic E-state index is 0.0768. The third-order valence-corrected chi connectivity index (χ3v) is 4.27. The smallest absolute Gasteiger partial charge is 0.0592 e. The monoisotopic (exact) mass is 300 g/mol. The summed E-state index contributed by atoms with van der Waals surface area (Å²) in [6.45, 7) is 12.2. The molecule has 0 aromatic rings. The highest BCUT2D eigenvalue weighted by Gasteiger charge is 2.15. The van der Waals surface area contributed by atoms with Crippen molar-refractivity contribution in [1.29, 1.82) is 0 Å². The van der Waals surface area contributed by atoms with Gasteiger partial charge in [0.25, 0.3) is 0 Å². The van der Waals surface area contributed by atoms with Crippen LogP contribution in [0.2, 0.25) is 0 Å². The van der Waals surface area contributed by atoms with Crippen molar-refractivity contribution in [3.05, 3.63) is 0 Å². The van der Waals surface area contributed by atoms with E-state index in [4.69, 9.17) is 5.73 Å². The molecule has 0 saturated carbocycles. The zero-order chi connectivity index (χ0) is 16.1. The van der Waals surface area contributed by atoms with Crippen LogP contribution in [0.4, 0.5) is 0 Å². The van der Waals surface area contributed by atoms with E-state index in [2.05, 4.69) is 50.6 Å². The number of nitrogens with one attached hydrogen (secondary N) is 3. The summed E-state index contributed by atoms with van der Waals surface area (Å²) in [6.07, 6.45) is 9.05. The molecule has 0 bridgehead atoms. The molecule has 0 rings (SSSR count). The maximum atomic E-state index is 5.99. The van der Waals surface area contributed by atoms with Crippen LogP contribution in [0.25, 0.3) is 0 Å². The quantitative estimate of drug-likeness (QED) is 0.372. The summed E-state index contributed by atoms with van der Waals surface area (Å²) in [6, 6.07) is 0. The van der Waals surface area contributed by atoms with Crippen molar-refractivity contribution in [1.82, 2.24) is 16.0 Å². The largest absolute Gasteiger partial charge is 0.316 e. The van der Waals surface area contributed by atoms with Gasteiger partial charge in [-0.3, -0.25) is 10.6 Å². The SMILES string of the molecule is CCCCC(CC)CNC(CC)NC(CC)NC(N)CC. The molecule has 0 heterocycles. The number of nitrogens with two attached hydrogens (primary N) is 1. The second-order valence-corrected chi connectivity index (χ2v) is 6.09. The summed E-state index contributed by atoms with van der Waals surface area (Å²) < 4.78 is 0. The van der Waals surface area contributed by atoms with E-state index in [0.29, 0.717) is 6.17 Å². The number of hydrogen-bond donors (Lipinski definition) is 4. The molecule has 0 radical (unpaired) electrons. The molecule has 0 amide bonds. The first kappa shape index (κ1) is 20.8. The minimum Gasteiger partial charge on any atom is -0.316 e. The lowest BCUT2D eigenvalue weighted by atomic mass is 9.99. The number of hydrogen-bond acceptors (Lipinski definition) is 4. The van der Waals surface area contributed by atoms with Crippen molar-refractivity contribution in [3.63, 3.8) is 0 Å². The highest BCUT2D eigenvalue weighted by Crippen LogP contribution is 2.11. The fourth-order valence-electron chi connectivity index (χ4n) is 2.48. The average Bonchev–Trinajstić information content (AvgIpc) is 2.52. The van der Waals surface area contributed by atoms with Gasteiger partial charge in [0.2, 0.25) is 0 Å². The molecule has 4 heteroatoms. The van der Waals surface area contributed by atoms with Gasteiger partial charge in [-0.1, -0.05) is 53.9 Å². The molecule has 0 spiro atoms. The number of unbranched alkanes of at least 4 members (excludes halogenated alkanes) is 1. The van der Waals surface area contributed by atoms with Crippen LogP contribution in [0.3, 0.4) is 0 Å². The van der Waals surface area contributed by atoms with Gasteiger partial charge >= 0.3 is 0 Å². The predicted molar refractivity (Wildman–Crippen MR) is 94.0 cm³/mol. The van der Waals surface area contributed by atoms with Crippen LogP contribution in [-0.2, 0) is 0 Å². The van der Waals surface area contributed by atoms with Crippen molar-refractivity contribution in [2.45, 2.75) is 98.1 Å². The fourth-order valence-corrected chi connectivity index (χ4v) is 2.48. The van der Waals surface area contributed by atoms with Crippen molar-refractivity contribution >= 4 is 0 Å². The van der Waals surface area contributed by atoms with Gasteiger partial charge in [-0.05, 0) is 38.1 Å². The van der Waals surface area contributed by atoms with Gasteiger partial charge in [-0.25, -0.2) is 0 Å². The molecule has 0 saturated heterocycles. The van der Waals surface area contributed by atoms with Crippen LogP contribution in [0, 0.1) is 5.92 Å². The van der Waals surface area contributed by atoms with Crippen LogP contribution >= 0.6 is 0 Å². The predicted octanol–water partition coefficient (Wildman–Crippen LogP) is 3.14. The van der Waals surface area contributed by atoms with Crippen LogP contribution in [0.15, 0.2) is 0 Å². The molecule has 4 nitrogen and oxygen atoms in total. The standard InChI is InChI=1S/C17H40N4/c1-6-11-12-14(7-2)13-19-16(9-4)21-17(10-5)20-15(18)8-3/h14-17,19-21H,6-13,18H2,1-5H3. The Balaban J connectivity index is 4.17. The maximum Gasteiger partial charge on any atom is 0.0592 e.